The minimum Gasteiger partial charge on any atom is -0.493 e. The molecule has 0 spiro atoms. The van der Waals surface area contributed by atoms with Crippen LogP contribution in [0.2, 0.25) is 0 Å². The van der Waals surface area contributed by atoms with Crippen LogP contribution in [0.5, 0.6) is 11.6 Å². The third-order valence-corrected chi connectivity index (χ3v) is 4.66. The van der Waals surface area contributed by atoms with Crippen molar-refractivity contribution < 1.29 is 9.47 Å². The maximum atomic E-state index is 6.03. The minimum atomic E-state index is 0.297. The van der Waals surface area contributed by atoms with Crippen LogP contribution < -0.4 is 9.47 Å². The summed E-state index contributed by atoms with van der Waals surface area (Å²) in [6, 6.07) is 6.27. The van der Waals surface area contributed by atoms with E-state index in [1.807, 2.05) is 6.07 Å². The highest BCUT2D eigenvalue weighted by Crippen LogP contribution is 2.30. The molecule has 2 heterocycles. The highest BCUT2D eigenvalue weighted by Gasteiger charge is 2.16. The fourth-order valence-corrected chi connectivity index (χ4v) is 3.42. The van der Waals surface area contributed by atoms with Crippen molar-refractivity contribution in [1.82, 2.24) is 9.97 Å². The molecule has 0 amide bonds. The van der Waals surface area contributed by atoms with Gasteiger partial charge in [-0.05, 0) is 62.3 Å². The summed E-state index contributed by atoms with van der Waals surface area (Å²) in [7, 11) is 0. The van der Waals surface area contributed by atoms with Gasteiger partial charge in [0.1, 0.15) is 11.9 Å². The lowest BCUT2D eigenvalue weighted by Gasteiger charge is -2.22. The molecule has 120 valence electrons. The Bertz CT molecular complexity index is 681. The molecule has 1 aromatic carbocycles. The normalized spacial score (nSPS) is 18.1. The number of fused-ring (bicyclic) bond motifs is 1. The number of nitrogens with zero attached hydrogens (tertiary/aromatic N) is 2. The molecule has 23 heavy (non-hydrogen) atoms. The van der Waals surface area contributed by atoms with E-state index in [2.05, 4.69) is 22.1 Å². The van der Waals surface area contributed by atoms with E-state index in [4.69, 9.17) is 9.47 Å². The first-order chi connectivity index (χ1) is 11.4. The Hall–Kier alpha value is -2.10. The molecule has 2 aliphatic rings. The Kier molecular flexibility index (Phi) is 4.14. The SMILES string of the molecule is c1cc2c(cc1-c1cncc(OC3CCCCC3)n1)CCCO2. The van der Waals surface area contributed by atoms with Crippen molar-refractivity contribution in [2.24, 2.45) is 0 Å². The number of aromatic nitrogens is 2. The van der Waals surface area contributed by atoms with Gasteiger partial charge in [-0.25, -0.2) is 4.98 Å². The van der Waals surface area contributed by atoms with Crippen LogP contribution in [-0.4, -0.2) is 22.7 Å². The Labute approximate surface area is 136 Å². The summed E-state index contributed by atoms with van der Waals surface area (Å²) >= 11 is 0. The highest BCUT2D eigenvalue weighted by atomic mass is 16.5. The Morgan fingerprint density at radius 3 is 2.87 bits per heavy atom. The number of ether oxygens (including phenoxy) is 2. The summed E-state index contributed by atoms with van der Waals surface area (Å²) in [6.07, 6.45) is 12.0. The fourth-order valence-electron chi connectivity index (χ4n) is 3.42. The third-order valence-electron chi connectivity index (χ3n) is 4.66. The molecule has 1 aliphatic heterocycles. The average Bonchev–Trinajstić information content (AvgIpc) is 2.62. The largest absolute Gasteiger partial charge is 0.493 e. The maximum Gasteiger partial charge on any atom is 0.233 e. The predicted octanol–water partition coefficient (Wildman–Crippen LogP) is 4.18. The van der Waals surface area contributed by atoms with E-state index in [-0.39, 0.29) is 0 Å². The van der Waals surface area contributed by atoms with Crippen LogP contribution in [0.25, 0.3) is 11.3 Å². The highest BCUT2D eigenvalue weighted by molar-refractivity contribution is 5.62. The lowest BCUT2D eigenvalue weighted by atomic mass is 9.98. The van der Waals surface area contributed by atoms with Gasteiger partial charge in [-0.1, -0.05) is 6.42 Å². The van der Waals surface area contributed by atoms with E-state index in [1.165, 1.54) is 24.8 Å². The van der Waals surface area contributed by atoms with Crippen molar-refractivity contribution in [3.05, 3.63) is 36.2 Å². The van der Waals surface area contributed by atoms with Crippen molar-refractivity contribution in [3.63, 3.8) is 0 Å². The van der Waals surface area contributed by atoms with E-state index in [0.29, 0.717) is 12.0 Å². The van der Waals surface area contributed by atoms with Gasteiger partial charge in [-0.15, -0.1) is 0 Å². The van der Waals surface area contributed by atoms with Crippen LogP contribution in [0.15, 0.2) is 30.6 Å². The Morgan fingerprint density at radius 2 is 1.96 bits per heavy atom. The molecule has 0 unspecified atom stereocenters. The lowest BCUT2D eigenvalue weighted by Crippen LogP contribution is -2.20. The molecular formula is C19H22N2O2. The molecule has 4 rings (SSSR count). The van der Waals surface area contributed by atoms with Crippen molar-refractivity contribution in [3.8, 4) is 22.9 Å². The van der Waals surface area contributed by atoms with Crippen molar-refractivity contribution in [1.29, 1.82) is 0 Å². The number of benzene rings is 1. The zero-order chi connectivity index (χ0) is 15.5. The molecule has 1 aromatic heterocycles. The molecule has 4 heteroatoms. The van der Waals surface area contributed by atoms with E-state index in [0.717, 1.165) is 49.3 Å². The summed E-state index contributed by atoms with van der Waals surface area (Å²) in [6.45, 7) is 0.816. The van der Waals surface area contributed by atoms with Gasteiger partial charge < -0.3 is 9.47 Å². The van der Waals surface area contributed by atoms with Gasteiger partial charge in [-0.3, -0.25) is 4.98 Å². The molecule has 0 atom stereocenters. The number of aryl methyl sites for hydroxylation is 1. The van der Waals surface area contributed by atoms with Crippen molar-refractivity contribution >= 4 is 0 Å². The Morgan fingerprint density at radius 1 is 1.04 bits per heavy atom. The molecule has 1 saturated carbocycles. The van der Waals surface area contributed by atoms with Crippen LogP contribution in [0.3, 0.4) is 0 Å². The van der Waals surface area contributed by atoms with Crippen molar-refractivity contribution in [2.45, 2.75) is 51.0 Å². The van der Waals surface area contributed by atoms with Gasteiger partial charge in [0.25, 0.3) is 0 Å². The maximum absolute atomic E-state index is 6.03. The summed E-state index contributed by atoms with van der Waals surface area (Å²) in [4.78, 5) is 8.98. The van der Waals surface area contributed by atoms with E-state index < -0.39 is 0 Å². The molecule has 0 N–H and O–H groups in total. The molecule has 2 aromatic rings. The number of hydrogen-bond acceptors (Lipinski definition) is 4. The quantitative estimate of drug-likeness (QED) is 0.853. The fraction of sp³-hybridized carbons (Fsp3) is 0.474. The monoisotopic (exact) mass is 310 g/mol. The van der Waals surface area contributed by atoms with E-state index in [9.17, 15) is 0 Å². The average molecular weight is 310 g/mol. The zero-order valence-corrected chi connectivity index (χ0v) is 13.3. The molecule has 1 aliphatic carbocycles. The van der Waals surface area contributed by atoms with Crippen LogP contribution >= 0.6 is 0 Å². The van der Waals surface area contributed by atoms with Crippen LogP contribution in [0, 0.1) is 0 Å². The standard InChI is InChI=1S/C19H22N2O2/c1-2-6-16(7-3-1)23-19-13-20-12-17(21-19)14-8-9-18-15(11-14)5-4-10-22-18/h8-9,11-13,16H,1-7,10H2. The van der Waals surface area contributed by atoms with Gasteiger partial charge in [0, 0.05) is 5.56 Å². The van der Waals surface area contributed by atoms with Gasteiger partial charge >= 0.3 is 0 Å². The first-order valence-corrected chi connectivity index (χ1v) is 8.63. The van der Waals surface area contributed by atoms with Crippen LogP contribution in [0.1, 0.15) is 44.1 Å². The lowest BCUT2D eigenvalue weighted by molar-refractivity contribution is 0.148. The first kappa shape index (κ1) is 14.5. The van der Waals surface area contributed by atoms with Crippen LogP contribution in [-0.2, 0) is 6.42 Å². The molecule has 0 saturated heterocycles. The van der Waals surface area contributed by atoms with Crippen LogP contribution in [0.4, 0.5) is 0 Å². The van der Waals surface area contributed by atoms with Gasteiger partial charge in [0.05, 0.1) is 24.7 Å². The van der Waals surface area contributed by atoms with Gasteiger partial charge in [0.15, 0.2) is 0 Å². The van der Waals surface area contributed by atoms with Gasteiger partial charge in [-0.2, -0.15) is 0 Å². The molecule has 4 nitrogen and oxygen atoms in total. The second kappa shape index (κ2) is 6.57. The molecule has 1 fully saturated rings. The summed E-state index contributed by atoms with van der Waals surface area (Å²) in [5.41, 5.74) is 3.21. The topological polar surface area (TPSA) is 44.2 Å². The third kappa shape index (κ3) is 3.31. The number of rotatable bonds is 3. The summed E-state index contributed by atoms with van der Waals surface area (Å²) in [5, 5.41) is 0. The van der Waals surface area contributed by atoms with E-state index >= 15 is 0 Å². The predicted molar refractivity (Wildman–Crippen MR) is 88.8 cm³/mol. The first-order valence-electron chi connectivity index (χ1n) is 8.63. The smallest absolute Gasteiger partial charge is 0.233 e. The number of hydrogen-bond donors (Lipinski definition) is 0. The van der Waals surface area contributed by atoms with Gasteiger partial charge in [0.2, 0.25) is 5.88 Å². The summed E-state index contributed by atoms with van der Waals surface area (Å²) < 4.78 is 11.7. The minimum absolute atomic E-state index is 0.297. The second-order valence-corrected chi connectivity index (χ2v) is 6.39. The summed E-state index contributed by atoms with van der Waals surface area (Å²) in [5.74, 6) is 1.64. The van der Waals surface area contributed by atoms with E-state index in [1.54, 1.807) is 12.4 Å². The van der Waals surface area contributed by atoms with Crippen molar-refractivity contribution in [2.75, 3.05) is 6.61 Å². The second-order valence-electron chi connectivity index (χ2n) is 6.39. The Balaban J connectivity index is 1.55. The zero-order valence-electron chi connectivity index (χ0n) is 13.3. The molecular weight excluding hydrogens is 288 g/mol. The molecule has 0 radical (unpaired) electrons. The molecule has 0 bridgehead atoms.